The molecule has 0 bridgehead atoms. The molecule has 20 heavy (non-hydrogen) atoms. The predicted molar refractivity (Wildman–Crippen MR) is 71.2 cm³/mol. The van der Waals surface area contributed by atoms with Crippen molar-refractivity contribution in [2.45, 2.75) is 36.9 Å². The lowest BCUT2D eigenvalue weighted by Gasteiger charge is -2.37. The van der Waals surface area contributed by atoms with Crippen molar-refractivity contribution < 1.29 is 35.1 Å². The molecule has 5 N–H and O–H groups in total. The minimum Gasteiger partial charge on any atom is -0.478 e. The molecule has 0 radical (unpaired) electrons. The first-order valence-corrected chi connectivity index (χ1v) is 6.25. The summed E-state index contributed by atoms with van der Waals surface area (Å²) in [6.45, 7) is 1.38. The van der Waals surface area contributed by atoms with E-state index in [0.29, 0.717) is 0 Å². The second-order valence-electron chi connectivity index (χ2n) is 3.90. The van der Waals surface area contributed by atoms with Gasteiger partial charge in [0.25, 0.3) is 0 Å². The Bertz CT molecular complexity index is 340. The van der Waals surface area contributed by atoms with Crippen molar-refractivity contribution in [3.05, 3.63) is 24.3 Å². The number of hydrogen-bond donors (Lipinski definition) is 5. The van der Waals surface area contributed by atoms with Crippen molar-refractivity contribution in [1.82, 2.24) is 0 Å². The van der Waals surface area contributed by atoms with Gasteiger partial charge in [0, 0.05) is 6.08 Å². The maximum Gasteiger partial charge on any atom is 0.328 e. The molecule has 7 nitrogen and oxygen atoms in total. The number of aliphatic hydroxyl groups is 4. The Morgan fingerprint density at radius 1 is 1.20 bits per heavy atom. The average molecular weight is 311 g/mol. The van der Waals surface area contributed by atoms with Gasteiger partial charge in [0.15, 0.2) is 5.56 Å². The highest BCUT2D eigenvalue weighted by molar-refractivity contribution is 6.20. The van der Waals surface area contributed by atoms with Gasteiger partial charge in [-0.1, -0.05) is 29.8 Å². The molecule has 0 amide bonds. The zero-order chi connectivity index (χ0) is 15.7. The van der Waals surface area contributed by atoms with E-state index < -0.39 is 42.6 Å². The fourth-order valence-electron chi connectivity index (χ4n) is 1.30. The molecule has 0 aliphatic carbocycles. The number of hydrogen-bond acceptors (Lipinski definition) is 6. The SMILES string of the molecule is C/C=C/C=C/C(=O)O.OC[C@H]1OC(Cl)[C@H](O)[C@@H](O)[C@@H]1O. The third kappa shape index (κ3) is 6.47. The standard InChI is InChI=1S/C6H11ClO5.C6H8O2/c7-6-5(11)4(10)3(9)2(1-8)12-6;1-2-3-4-5-6(7)8/h2-6,8-11H,1H2;2-5H,1H3,(H,7,8)/b;3-2+,5-4+/t2-,3-,4+,5-,6?;/m1./s1. The molecule has 0 aromatic heterocycles. The summed E-state index contributed by atoms with van der Waals surface area (Å²) in [6, 6.07) is 0. The summed E-state index contributed by atoms with van der Waals surface area (Å²) in [5.41, 5.74) is -1.10. The van der Waals surface area contributed by atoms with Gasteiger partial charge in [0.05, 0.1) is 6.61 Å². The Morgan fingerprint density at radius 2 is 1.80 bits per heavy atom. The number of allylic oxidation sites excluding steroid dienone is 3. The fraction of sp³-hybridized carbons (Fsp3) is 0.583. The number of rotatable bonds is 3. The third-order valence-corrected chi connectivity index (χ3v) is 2.74. The summed E-state index contributed by atoms with van der Waals surface area (Å²) in [7, 11) is 0. The van der Waals surface area contributed by atoms with Gasteiger partial charge in [-0.05, 0) is 6.92 Å². The smallest absolute Gasteiger partial charge is 0.328 e. The zero-order valence-corrected chi connectivity index (χ0v) is 11.6. The normalized spacial score (nSPS) is 34.0. The van der Waals surface area contributed by atoms with Crippen LogP contribution in [0.3, 0.4) is 0 Å². The molecule has 0 spiro atoms. The Kier molecular flexibility index (Phi) is 9.39. The molecule has 0 aromatic rings. The number of ether oxygens (including phenoxy) is 1. The number of halogens is 1. The molecule has 1 heterocycles. The van der Waals surface area contributed by atoms with Crippen LogP contribution in [-0.2, 0) is 9.53 Å². The van der Waals surface area contributed by atoms with Crippen LogP contribution in [0.1, 0.15) is 6.92 Å². The minimum atomic E-state index is -1.38. The predicted octanol–water partition coefficient (Wildman–Crippen LogP) is -0.772. The molecule has 8 heteroatoms. The molecule has 0 aromatic carbocycles. The maximum absolute atomic E-state index is 9.75. The van der Waals surface area contributed by atoms with Crippen molar-refractivity contribution in [3.8, 4) is 0 Å². The number of carbonyl (C=O) groups is 1. The Labute approximate surface area is 121 Å². The first-order valence-electron chi connectivity index (χ1n) is 5.82. The fourth-order valence-corrected chi connectivity index (χ4v) is 1.59. The summed E-state index contributed by atoms with van der Waals surface area (Å²) in [4.78, 5) is 9.75. The van der Waals surface area contributed by atoms with Gasteiger partial charge in [-0.25, -0.2) is 4.79 Å². The Hall–Kier alpha value is -0.960. The van der Waals surface area contributed by atoms with Gasteiger partial charge in [-0.2, -0.15) is 0 Å². The van der Waals surface area contributed by atoms with Crippen LogP contribution in [0.15, 0.2) is 24.3 Å². The highest BCUT2D eigenvalue weighted by atomic mass is 35.5. The summed E-state index contributed by atoms with van der Waals surface area (Å²) in [5, 5.41) is 44.1. The summed E-state index contributed by atoms with van der Waals surface area (Å²) < 4.78 is 4.79. The van der Waals surface area contributed by atoms with E-state index in [0.717, 1.165) is 6.08 Å². The monoisotopic (exact) mass is 310 g/mol. The number of alkyl halides is 1. The third-order valence-electron chi connectivity index (χ3n) is 2.38. The molecule has 116 valence electrons. The molecular formula is C12H19ClO7. The van der Waals surface area contributed by atoms with E-state index in [1.54, 1.807) is 12.2 Å². The van der Waals surface area contributed by atoms with Gasteiger partial charge in [-0.3, -0.25) is 0 Å². The molecule has 1 aliphatic rings. The van der Waals surface area contributed by atoms with Crippen molar-refractivity contribution >= 4 is 17.6 Å². The van der Waals surface area contributed by atoms with E-state index in [4.69, 9.17) is 36.8 Å². The van der Waals surface area contributed by atoms with Crippen LogP contribution in [0.25, 0.3) is 0 Å². The Morgan fingerprint density at radius 3 is 2.25 bits per heavy atom. The van der Waals surface area contributed by atoms with Gasteiger partial charge in [0.2, 0.25) is 0 Å². The maximum atomic E-state index is 9.75. The van der Waals surface area contributed by atoms with Gasteiger partial charge in [-0.15, -0.1) is 0 Å². The van der Waals surface area contributed by atoms with Crippen LogP contribution in [0, 0.1) is 0 Å². The lowest BCUT2D eigenvalue weighted by molar-refractivity contribution is -0.207. The molecule has 5 atom stereocenters. The zero-order valence-electron chi connectivity index (χ0n) is 10.8. The van der Waals surface area contributed by atoms with Gasteiger partial charge < -0.3 is 30.3 Å². The van der Waals surface area contributed by atoms with Crippen molar-refractivity contribution in [2.24, 2.45) is 0 Å². The van der Waals surface area contributed by atoms with E-state index in [2.05, 4.69) is 0 Å². The van der Waals surface area contributed by atoms with Crippen LogP contribution < -0.4 is 0 Å². The first-order chi connectivity index (χ1) is 9.34. The molecule has 1 rings (SSSR count). The first kappa shape index (κ1) is 19.0. The highest BCUT2D eigenvalue weighted by Crippen LogP contribution is 2.22. The lowest BCUT2D eigenvalue weighted by Crippen LogP contribution is -2.56. The topological polar surface area (TPSA) is 127 Å². The van der Waals surface area contributed by atoms with E-state index in [-0.39, 0.29) is 0 Å². The quantitative estimate of drug-likeness (QED) is 0.263. The van der Waals surface area contributed by atoms with Crippen molar-refractivity contribution in [1.29, 1.82) is 0 Å². The van der Waals surface area contributed by atoms with Gasteiger partial charge >= 0.3 is 5.97 Å². The van der Waals surface area contributed by atoms with Crippen LogP contribution in [-0.4, -0.2) is 68.1 Å². The van der Waals surface area contributed by atoms with E-state index in [1.165, 1.54) is 6.08 Å². The number of aliphatic hydroxyl groups excluding tert-OH is 4. The second-order valence-corrected chi connectivity index (χ2v) is 4.33. The van der Waals surface area contributed by atoms with E-state index in [1.807, 2.05) is 6.92 Å². The minimum absolute atomic E-state index is 0.450. The Balaban J connectivity index is 0.000000396. The van der Waals surface area contributed by atoms with Crippen LogP contribution in [0.5, 0.6) is 0 Å². The average Bonchev–Trinajstić information content (AvgIpc) is 2.41. The van der Waals surface area contributed by atoms with Gasteiger partial charge in [0.1, 0.15) is 24.4 Å². The molecule has 0 saturated carbocycles. The highest BCUT2D eigenvalue weighted by Gasteiger charge is 2.42. The summed E-state index contributed by atoms with van der Waals surface area (Å²) in [5.74, 6) is -0.914. The number of carboxylic acids is 1. The van der Waals surface area contributed by atoms with E-state index in [9.17, 15) is 9.90 Å². The molecule has 1 unspecified atom stereocenters. The van der Waals surface area contributed by atoms with E-state index >= 15 is 0 Å². The number of aliphatic carboxylic acids is 1. The number of carboxylic acid groups (broad SMARTS) is 1. The largest absolute Gasteiger partial charge is 0.478 e. The van der Waals surface area contributed by atoms with Crippen LogP contribution in [0.2, 0.25) is 0 Å². The second kappa shape index (κ2) is 9.87. The summed E-state index contributed by atoms with van der Waals surface area (Å²) in [6.07, 6.45) is 1.03. The summed E-state index contributed by atoms with van der Waals surface area (Å²) >= 11 is 5.45. The molecule has 1 fully saturated rings. The molecular weight excluding hydrogens is 292 g/mol. The van der Waals surface area contributed by atoms with Crippen molar-refractivity contribution in [2.75, 3.05) is 6.61 Å². The van der Waals surface area contributed by atoms with Crippen LogP contribution >= 0.6 is 11.6 Å². The lowest BCUT2D eigenvalue weighted by atomic mass is 10.0. The molecule has 1 aliphatic heterocycles. The van der Waals surface area contributed by atoms with Crippen LogP contribution in [0.4, 0.5) is 0 Å². The molecule has 1 saturated heterocycles. The van der Waals surface area contributed by atoms with Crippen molar-refractivity contribution in [3.63, 3.8) is 0 Å².